The molecule has 8 nitrogen and oxygen atoms in total. The van der Waals surface area contributed by atoms with E-state index in [0.29, 0.717) is 17.8 Å². The summed E-state index contributed by atoms with van der Waals surface area (Å²) < 4.78 is 15.1. The normalized spacial score (nSPS) is 20.0. The fourth-order valence-corrected chi connectivity index (χ4v) is 5.06. The Hall–Kier alpha value is -3.80. The lowest BCUT2D eigenvalue weighted by atomic mass is 9.91. The van der Waals surface area contributed by atoms with Crippen LogP contribution in [0.15, 0.2) is 51.5 Å². The number of pyridine rings is 2. The zero-order valence-electron chi connectivity index (χ0n) is 22.7. The van der Waals surface area contributed by atoms with Gasteiger partial charge in [0.2, 0.25) is 5.95 Å². The van der Waals surface area contributed by atoms with Crippen molar-refractivity contribution in [3.63, 3.8) is 0 Å². The Bertz CT molecular complexity index is 1360. The summed E-state index contributed by atoms with van der Waals surface area (Å²) in [5, 5.41) is 14.0. The lowest BCUT2D eigenvalue weighted by molar-refractivity contribution is 0.000102. The average Bonchev–Trinajstić information content (AvgIpc) is 3.25. The molecule has 0 N–H and O–H groups in total. The monoisotopic (exact) mass is 518 g/mol. The highest BCUT2D eigenvalue weighted by Gasteiger charge is 2.29. The van der Waals surface area contributed by atoms with Gasteiger partial charge < -0.3 is 14.3 Å². The molecule has 38 heavy (non-hydrogen) atoms. The van der Waals surface area contributed by atoms with Gasteiger partial charge in [0.25, 0.3) is 5.56 Å². The molecule has 3 heterocycles. The first kappa shape index (κ1) is 27.2. The molecule has 4 rings (SSSR count). The quantitative estimate of drug-likeness (QED) is 0.234. The van der Waals surface area contributed by atoms with Crippen molar-refractivity contribution in [3.8, 4) is 6.07 Å². The fourth-order valence-electron chi connectivity index (χ4n) is 5.06. The second-order valence-corrected chi connectivity index (χ2v) is 11.0. The second kappa shape index (κ2) is 11.3. The summed E-state index contributed by atoms with van der Waals surface area (Å²) in [6.07, 6.45) is 10.1. The minimum Gasteiger partial charge on any atom is -0.390 e. The lowest BCUT2D eigenvalue weighted by Gasteiger charge is -2.31. The van der Waals surface area contributed by atoms with E-state index in [1.54, 1.807) is 29.8 Å². The maximum atomic E-state index is 13.5. The van der Waals surface area contributed by atoms with Gasteiger partial charge in [-0.15, -0.1) is 0 Å². The van der Waals surface area contributed by atoms with Gasteiger partial charge in [0, 0.05) is 50.3 Å². The first-order chi connectivity index (χ1) is 18.1. The van der Waals surface area contributed by atoms with Gasteiger partial charge in [-0.25, -0.2) is 9.98 Å². The molecule has 0 bridgehead atoms. The number of rotatable bonds is 5. The van der Waals surface area contributed by atoms with Crippen LogP contribution in [0, 0.1) is 23.2 Å². The standard InChI is InChI=1S/C29H35FN6O2/c1-29(2,3)38-34-27(20-13-15-25(30)32-18-20)19-8-6-10-22(14-12-19)35(4)24-16-26(37)36(5)23-11-7-9-21(17-31)33-28(23)24/h7,9,13,15-16,18-19,22H,6,8,10-12,14H2,1-5H3/b34-27-/t19-,22+/m1/s1. The summed E-state index contributed by atoms with van der Waals surface area (Å²) in [6.45, 7) is 5.83. The summed E-state index contributed by atoms with van der Waals surface area (Å²) in [6, 6.07) is 6.99. The molecular weight excluding hydrogens is 483 g/mol. The summed E-state index contributed by atoms with van der Waals surface area (Å²) in [7, 11) is 3.74. The summed E-state index contributed by atoms with van der Waals surface area (Å²) in [4.78, 5) is 29.3. The van der Waals surface area contributed by atoms with Crippen molar-refractivity contribution >= 4 is 22.8 Å². The smallest absolute Gasteiger partial charge is 0.252 e. The molecule has 2 aromatic heterocycles. The Labute approximate surface area is 223 Å². The molecule has 2 atom stereocenters. The van der Waals surface area contributed by atoms with Crippen molar-refractivity contribution in [1.82, 2.24) is 9.55 Å². The van der Waals surface area contributed by atoms with Crippen molar-refractivity contribution in [2.24, 2.45) is 23.1 Å². The van der Waals surface area contributed by atoms with Gasteiger partial charge in [0.1, 0.15) is 23.1 Å². The Morgan fingerprint density at radius 3 is 2.74 bits per heavy atom. The van der Waals surface area contributed by atoms with Crippen LogP contribution in [-0.2, 0) is 18.3 Å². The number of aliphatic imine (C=N–C) groups is 1. The summed E-state index contributed by atoms with van der Waals surface area (Å²) >= 11 is 0. The summed E-state index contributed by atoms with van der Waals surface area (Å²) in [5.41, 5.74) is 3.53. The van der Waals surface area contributed by atoms with Crippen LogP contribution >= 0.6 is 0 Å². The van der Waals surface area contributed by atoms with E-state index in [9.17, 15) is 14.4 Å². The highest BCUT2D eigenvalue weighted by Crippen LogP contribution is 2.37. The van der Waals surface area contributed by atoms with E-state index < -0.39 is 11.5 Å². The third-order valence-corrected chi connectivity index (χ3v) is 7.14. The van der Waals surface area contributed by atoms with E-state index >= 15 is 0 Å². The van der Waals surface area contributed by atoms with Crippen LogP contribution in [0.5, 0.6) is 0 Å². The van der Waals surface area contributed by atoms with E-state index in [-0.39, 0.29) is 17.5 Å². The molecule has 2 aromatic rings. The maximum absolute atomic E-state index is 13.5. The van der Waals surface area contributed by atoms with Crippen molar-refractivity contribution in [3.05, 3.63) is 64.1 Å². The molecule has 9 heteroatoms. The average molecular weight is 519 g/mol. The van der Waals surface area contributed by atoms with Crippen LogP contribution in [0.3, 0.4) is 0 Å². The van der Waals surface area contributed by atoms with Gasteiger partial charge in [-0.05, 0) is 64.7 Å². The Morgan fingerprint density at radius 2 is 2.05 bits per heavy atom. The number of hydrogen-bond acceptors (Lipinski definition) is 7. The molecule has 200 valence electrons. The van der Waals surface area contributed by atoms with Crippen LogP contribution < -0.4 is 10.5 Å². The second-order valence-electron chi connectivity index (χ2n) is 11.0. The SMILES string of the molecule is CN(c1cc(=O)n(C)c2c1N=C(C#N)C=CC2)[C@H]1CCC[C@@H](/C(=N/OC(C)(C)C)c2ccc(F)nc2)CC1. The first-order valence-corrected chi connectivity index (χ1v) is 13.1. The van der Waals surface area contributed by atoms with Crippen LogP contribution in [0.4, 0.5) is 15.8 Å². The van der Waals surface area contributed by atoms with Crippen molar-refractivity contribution in [2.45, 2.75) is 70.9 Å². The summed E-state index contributed by atoms with van der Waals surface area (Å²) in [5.74, 6) is -0.408. The first-order valence-electron chi connectivity index (χ1n) is 13.1. The van der Waals surface area contributed by atoms with Gasteiger partial charge in [0.15, 0.2) is 0 Å². The topological polar surface area (TPSA) is 95.9 Å². The minimum atomic E-state index is -0.530. The molecule has 1 fully saturated rings. The van der Waals surface area contributed by atoms with Gasteiger partial charge in [0.05, 0.1) is 17.1 Å². The van der Waals surface area contributed by atoms with Crippen LogP contribution in [0.2, 0.25) is 0 Å². The van der Waals surface area contributed by atoms with Crippen LogP contribution in [0.1, 0.15) is 64.1 Å². The highest BCUT2D eigenvalue weighted by molar-refractivity contribution is 6.09. The number of halogens is 1. The third-order valence-electron chi connectivity index (χ3n) is 7.14. The molecule has 0 aromatic carbocycles. The van der Waals surface area contributed by atoms with E-state index in [4.69, 9.17) is 4.84 Å². The molecule has 0 saturated heterocycles. The number of aromatic nitrogens is 2. The number of nitriles is 1. The molecule has 1 saturated carbocycles. The zero-order valence-corrected chi connectivity index (χ0v) is 22.7. The van der Waals surface area contributed by atoms with Gasteiger partial charge in [-0.2, -0.15) is 9.65 Å². The van der Waals surface area contributed by atoms with Crippen LogP contribution in [0.25, 0.3) is 0 Å². The Morgan fingerprint density at radius 1 is 1.26 bits per heavy atom. The largest absolute Gasteiger partial charge is 0.390 e. The molecule has 1 aliphatic heterocycles. The Kier molecular flexibility index (Phi) is 8.10. The molecular formula is C29H35FN6O2. The Balaban J connectivity index is 1.62. The van der Waals surface area contributed by atoms with Gasteiger partial charge in [-0.1, -0.05) is 17.7 Å². The number of anilines is 1. The maximum Gasteiger partial charge on any atom is 0.252 e. The van der Waals surface area contributed by atoms with E-state index in [1.807, 2.05) is 33.9 Å². The zero-order chi connectivity index (χ0) is 27.4. The van der Waals surface area contributed by atoms with Gasteiger partial charge in [-0.3, -0.25) is 4.79 Å². The van der Waals surface area contributed by atoms with E-state index in [2.05, 4.69) is 26.1 Å². The number of hydrogen-bond donors (Lipinski definition) is 0. The fraction of sp³-hybridized carbons (Fsp3) is 0.483. The lowest BCUT2D eigenvalue weighted by Crippen LogP contribution is -2.33. The van der Waals surface area contributed by atoms with Crippen molar-refractivity contribution in [1.29, 1.82) is 5.26 Å². The van der Waals surface area contributed by atoms with Gasteiger partial charge >= 0.3 is 0 Å². The number of oxime groups is 1. The molecule has 0 unspecified atom stereocenters. The van der Waals surface area contributed by atoms with Crippen LogP contribution in [-0.4, -0.2) is 39.7 Å². The van der Waals surface area contributed by atoms with E-state index in [1.165, 1.54) is 12.3 Å². The van der Waals surface area contributed by atoms with Crippen molar-refractivity contribution in [2.75, 3.05) is 11.9 Å². The molecule has 0 amide bonds. The number of nitrogens with zero attached hydrogens (tertiary/aromatic N) is 6. The molecule has 0 radical (unpaired) electrons. The number of fused-ring (bicyclic) bond motifs is 1. The third kappa shape index (κ3) is 6.18. The molecule has 1 aliphatic carbocycles. The highest BCUT2D eigenvalue weighted by atomic mass is 19.1. The van der Waals surface area contributed by atoms with E-state index in [0.717, 1.165) is 54.8 Å². The molecule has 0 spiro atoms. The molecule has 2 aliphatic rings. The number of allylic oxidation sites excluding steroid dienone is 2. The minimum absolute atomic E-state index is 0.0985. The predicted molar refractivity (Wildman–Crippen MR) is 148 cm³/mol. The van der Waals surface area contributed by atoms with Crippen molar-refractivity contribution < 1.29 is 9.23 Å². The predicted octanol–water partition coefficient (Wildman–Crippen LogP) is 5.23.